The number of rotatable bonds is 8. The van der Waals surface area contributed by atoms with Crippen LogP contribution < -0.4 is 15.2 Å². The highest BCUT2D eigenvalue weighted by Gasteiger charge is 2.35. The third-order valence-electron chi connectivity index (χ3n) is 3.89. The molecule has 0 aromatic heterocycles. The molecule has 1 aromatic rings. The fourth-order valence-corrected chi connectivity index (χ4v) is 5.34. The lowest BCUT2D eigenvalue weighted by molar-refractivity contribution is -0.132. The normalized spacial score (nSPS) is 18.8. The number of benzene rings is 1. The number of amides is 1. The minimum atomic E-state index is -4.11. The summed E-state index contributed by atoms with van der Waals surface area (Å²) in [6, 6.07) is 3.97. The van der Waals surface area contributed by atoms with Gasteiger partial charge in [0.25, 0.3) is 0 Å². The number of hydrogen-bond donors (Lipinski definition) is 2. The van der Waals surface area contributed by atoms with Crippen LogP contribution in [-0.4, -0.2) is 65.7 Å². The summed E-state index contributed by atoms with van der Waals surface area (Å²) in [6.45, 7) is 1.46. The maximum absolute atomic E-state index is 13.1. The molecule has 1 aliphatic rings. The molecule has 0 aliphatic carbocycles. The quantitative estimate of drug-likeness (QED) is 0.587. The lowest BCUT2D eigenvalue weighted by Gasteiger charge is -2.31. The second kappa shape index (κ2) is 8.42. The highest BCUT2D eigenvalue weighted by Crippen LogP contribution is 2.30. The number of nitrogens with zero attached hydrogens (tertiary/aromatic N) is 1. The lowest BCUT2D eigenvalue weighted by atomic mass is 10.3. The van der Waals surface area contributed by atoms with Gasteiger partial charge in [-0.25, -0.2) is 16.8 Å². The number of morpholine rings is 1. The summed E-state index contributed by atoms with van der Waals surface area (Å²) in [6.07, 6.45) is -0.697. The van der Waals surface area contributed by atoms with Gasteiger partial charge in [0.1, 0.15) is 16.7 Å². The minimum Gasteiger partial charge on any atom is -0.497 e. The van der Waals surface area contributed by atoms with Crippen LogP contribution in [0.15, 0.2) is 23.1 Å². The first-order valence-electron chi connectivity index (χ1n) is 8.20. The van der Waals surface area contributed by atoms with Crippen molar-refractivity contribution in [2.75, 3.05) is 37.3 Å². The summed E-state index contributed by atoms with van der Waals surface area (Å²) in [5.41, 5.74) is 5.08. The summed E-state index contributed by atoms with van der Waals surface area (Å²) in [5.74, 6) is -0.640. The molecule has 1 fully saturated rings. The van der Waals surface area contributed by atoms with E-state index in [1.165, 1.54) is 25.3 Å². The summed E-state index contributed by atoms with van der Waals surface area (Å²) >= 11 is 0. The van der Waals surface area contributed by atoms with Crippen LogP contribution in [0.4, 0.5) is 5.69 Å². The van der Waals surface area contributed by atoms with Crippen LogP contribution in [0.2, 0.25) is 0 Å². The molecule has 1 saturated heterocycles. The van der Waals surface area contributed by atoms with Crippen LogP contribution in [0, 0.1) is 0 Å². The SMILES string of the molecule is CCCS(=O)(=O)Nc1cc(OC)ccc1S(=O)(=O)N1CCOC(C(N)=O)C1. The molecule has 152 valence electrons. The molecule has 1 atom stereocenters. The standard InChI is InChI=1S/C15H23N3O7S2/c1-3-8-26(20,21)17-12-9-11(24-2)4-5-14(12)27(22,23)18-6-7-25-13(10-18)15(16)19/h4-5,9,13,17H,3,6-8,10H2,1-2H3,(H2,16,19). The van der Waals surface area contributed by atoms with E-state index in [4.69, 9.17) is 15.2 Å². The first-order valence-corrected chi connectivity index (χ1v) is 11.3. The number of primary amides is 1. The van der Waals surface area contributed by atoms with E-state index in [2.05, 4.69) is 4.72 Å². The zero-order valence-corrected chi connectivity index (χ0v) is 16.7. The van der Waals surface area contributed by atoms with Crippen molar-refractivity contribution in [2.45, 2.75) is 24.3 Å². The number of sulfonamides is 2. The second-order valence-electron chi connectivity index (χ2n) is 5.91. The van der Waals surface area contributed by atoms with Gasteiger partial charge in [-0.2, -0.15) is 4.31 Å². The molecule has 1 heterocycles. The Labute approximate surface area is 158 Å². The molecule has 1 aromatic carbocycles. The molecule has 1 amide bonds. The molecule has 1 aliphatic heterocycles. The van der Waals surface area contributed by atoms with E-state index in [1.807, 2.05) is 0 Å². The van der Waals surface area contributed by atoms with Gasteiger partial charge in [-0.3, -0.25) is 9.52 Å². The highest BCUT2D eigenvalue weighted by molar-refractivity contribution is 7.93. The Morgan fingerprint density at radius 2 is 2.07 bits per heavy atom. The van der Waals surface area contributed by atoms with Crippen molar-refractivity contribution in [2.24, 2.45) is 5.73 Å². The van der Waals surface area contributed by atoms with Crippen LogP contribution in [0.25, 0.3) is 0 Å². The monoisotopic (exact) mass is 421 g/mol. The van der Waals surface area contributed by atoms with E-state index >= 15 is 0 Å². The molecule has 27 heavy (non-hydrogen) atoms. The van der Waals surface area contributed by atoms with E-state index in [0.29, 0.717) is 12.2 Å². The summed E-state index contributed by atoms with van der Waals surface area (Å²) in [5, 5.41) is 0. The first-order chi connectivity index (χ1) is 12.6. The molecule has 0 radical (unpaired) electrons. The third-order valence-corrected chi connectivity index (χ3v) is 7.29. The molecular formula is C15H23N3O7S2. The second-order valence-corrected chi connectivity index (χ2v) is 9.66. The van der Waals surface area contributed by atoms with Crippen molar-refractivity contribution in [1.82, 2.24) is 4.31 Å². The predicted octanol–water partition coefficient (Wildman–Crippen LogP) is -0.278. The molecule has 1 unspecified atom stereocenters. The zero-order valence-electron chi connectivity index (χ0n) is 15.0. The van der Waals surface area contributed by atoms with Gasteiger partial charge in [0.2, 0.25) is 26.0 Å². The summed E-state index contributed by atoms with van der Waals surface area (Å²) in [7, 11) is -6.46. The van der Waals surface area contributed by atoms with Gasteiger partial charge in [0, 0.05) is 19.2 Å². The number of methoxy groups -OCH3 is 1. The maximum atomic E-state index is 13.1. The van der Waals surface area contributed by atoms with E-state index in [-0.39, 0.29) is 36.0 Å². The molecule has 0 bridgehead atoms. The number of carbonyl (C=O) groups excluding carboxylic acids is 1. The Morgan fingerprint density at radius 3 is 2.67 bits per heavy atom. The number of ether oxygens (including phenoxy) is 2. The molecule has 3 N–H and O–H groups in total. The van der Waals surface area contributed by atoms with Crippen molar-refractivity contribution in [1.29, 1.82) is 0 Å². The molecule has 0 saturated carbocycles. The molecule has 2 rings (SSSR count). The zero-order chi connectivity index (χ0) is 20.2. The van der Waals surface area contributed by atoms with Gasteiger partial charge >= 0.3 is 0 Å². The van der Waals surface area contributed by atoms with Crippen molar-refractivity contribution >= 4 is 31.6 Å². The Kier molecular flexibility index (Phi) is 6.68. The van der Waals surface area contributed by atoms with Crippen molar-refractivity contribution in [3.05, 3.63) is 18.2 Å². The number of hydrogen-bond acceptors (Lipinski definition) is 7. The molecule has 12 heteroatoms. The average molecular weight is 421 g/mol. The number of carbonyl (C=O) groups is 1. The van der Waals surface area contributed by atoms with Crippen molar-refractivity contribution in [3.63, 3.8) is 0 Å². The Bertz CT molecular complexity index is 900. The van der Waals surface area contributed by atoms with Gasteiger partial charge in [0.15, 0.2) is 0 Å². The van der Waals surface area contributed by atoms with E-state index in [0.717, 1.165) is 4.31 Å². The summed E-state index contributed by atoms with van der Waals surface area (Å²) in [4.78, 5) is 11.1. The largest absolute Gasteiger partial charge is 0.497 e. The lowest BCUT2D eigenvalue weighted by Crippen LogP contribution is -2.50. The van der Waals surface area contributed by atoms with Gasteiger partial charge in [0.05, 0.1) is 25.2 Å². The maximum Gasteiger partial charge on any atom is 0.247 e. The highest BCUT2D eigenvalue weighted by atomic mass is 32.2. The van der Waals surface area contributed by atoms with Crippen LogP contribution >= 0.6 is 0 Å². The van der Waals surface area contributed by atoms with Gasteiger partial charge in [-0.15, -0.1) is 0 Å². The van der Waals surface area contributed by atoms with Gasteiger partial charge < -0.3 is 15.2 Å². The van der Waals surface area contributed by atoms with Crippen molar-refractivity contribution < 1.29 is 31.1 Å². The summed E-state index contributed by atoms with van der Waals surface area (Å²) < 4.78 is 64.0. The van der Waals surface area contributed by atoms with E-state index in [1.54, 1.807) is 6.92 Å². The number of anilines is 1. The van der Waals surface area contributed by atoms with E-state index < -0.39 is 32.1 Å². The van der Waals surface area contributed by atoms with Crippen LogP contribution in [0.5, 0.6) is 5.75 Å². The van der Waals surface area contributed by atoms with Crippen LogP contribution in [-0.2, 0) is 29.6 Å². The number of nitrogens with one attached hydrogen (secondary N) is 1. The predicted molar refractivity (Wildman–Crippen MR) is 98.4 cm³/mol. The van der Waals surface area contributed by atoms with Crippen LogP contribution in [0.1, 0.15) is 13.3 Å². The first kappa shape index (κ1) is 21.4. The minimum absolute atomic E-state index is 0.000113. The smallest absolute Gasteiger partial charge is 0.247 e. The number of nitrogens with two attached hydrogens (primary N) is 1. The average Bonchev–Trinajstić information content (AvgIpc) is 2.61. The third kappa shape index (κ3) is 5.09. The van der Waals surface area contributed by atoms with Crippen LogP contribution in [0.3, 0.4) is 0 Å². The Hall–Kier alpha value is -1.89. The fourth-order valence-electron chi connectivity index (χ4n) is 2.58. The molecule has 10 nitrogen and oxygen atoms in total. The fraction of sp³-hybridized carbons (Fsp3) is 0.533. The Balaban J connectivity index is 2.45. The topological polar surface area (TPSA) is 145 Å². The van der Waals surface area contributed by atoms with E-state index in [9.17, 15) is 21.6 Å². The van der Waals surface area contributed by atoms with Gasteiger partial charge in [-0.05, 0) is 18.6 Å². The van der Waals surface area contributed by atoms with Gasteiger partial charge in [-0.1, -0.05) is 6.92 Å². The Morgan fingerprint density at radius 1 is 1.37 bits per heavy atom. The molecular weight excluding hydrogens is 398 g/mol. The molecule has 0 spiro atoms. The van der Waals surface area contributed by atoms with Crippen molar-refractivity contribution in [3.8, 4) is 5.75 Å².